The first-order valence-electron chi connectivity index (χ1n) is 25.7. The van der Waals surface area contributed by atoms with Gasteiger partial charge >= 0.3 is 0 Å². The van der Waals surface area contributed by atoms with Gasteiger partial charge in [0.15, 0.2) is 17.5 Å². The average Bonchev–Trinajstić information content (AvgIpc) is 4.14. The molecule has 0 bridgehead atoms. The van der Waals surface area contributed by atoms with Gasteiger partial charge in [-0.05, 0) is 84.8 Å². The van der Waals surface area contributed by atoms with Crippen LogP contribution < -0.4 is 0 Å². The molecular weight excluding hydrogens is 925 g/mol. The van der Waals surface area contributed by atoms with Crippen molar-refractivity contribution in [1.82, 2.24) is 28.7 Å². The van der Waals surface area contributed by atoms with Gasteiger partial charge in [-0.25, -0.2) is 15.0 Å². The van der Waals surface area contributed by atoms with Gasteiger partial charge in [0.1, 0.15) is 0 Å². The lowest BCUT2D eigenvalue weighted by Gasteiger charge is -2.20. The molecule has 0 saturated heterocycles. The molecule has 0 N–H and O–H groups in total. The zero-order chi connectivity index (χ0) is 51.0. The molecule has 76 heavy (non-hydrogen) atoms. The highest BCUT2D eigenvalue weighted by atomic mass is 15.1. The van der Waals surface area contributed by atoms with Crippen molar-refractivity contribution in [3.63, 3.8) is 0 Å². The number of hydrogen-bond acceptors (Lipinski definition) is 3. The van der Waals surface area contributed by atoms with Crippen LogP contribution in [0, 0.1) is 0 Å². The Morgan fingerprint density at radius 3 is 1.42 bits per heavy atom. The van der Waals surface area contributed by atoms with E-state index in [1.165, 1.54) is 48.9 Å². The van der Waals surface area contributed by atoms with Gasteiger partial charge in [0.2, 0.25) is 0 Å². The van der Waals surface area contributed by atoms with Crippen molar-refractivity contribution in [1.29, 1.82) is 0 Å². The monoisotopic (exact) mass is 974 g/mol. The zero-order valence-electron chi connectivity index (χ0n) is 41.9. The summed E-state index contributed by atoms with van der Waals surface area (Å²) in [6.07, 6.45) is 9.51. The molecule has 4 heterocycles. The molecule has 0 amide bonds. The van der Waals surface area contributed by atoms with Crippen LogP contribution in [0.5, 0.6) is 0 Å². The molecule has 0 saturated carbocycles. The standard InChI is InChI=1S/C63H40N6.C7H10/c1-4-20-41(21-5-1)61-64-62(42-22-6-2-7-23-42)66-63(65-61)50-31-19-37-58(60(50)69-53-33-15-10-26-46(53)47-27-11-16-34-54(47)69)68-52-32-14-12-28-48(52)51-40-43(38-39-56(51)68)45-30-18-36-57-59(45)49-29-13-17-35-55(49)67(57)44-24-8-3-9-25-44;1-3-5-7-6-4-2/h1-40H;3-7H,1H2,2H3/b;6-4-,7-5-. The largest absolute Gasteiger partial charge is 0.309 e. The molecule has 0 aliphatic rings. The van der Waals surface area contributed by atoms with Crippen LogP contribution in [0.25, 0.3) is 128 Å². The second-order valence-corrected chi connectivity index (χ2v) is 18.7. The summed E-state index contributed by atoms with van der Waals surface area (Å²) in [5.41, 5.74) is 15.0. The Labute approximate surface area is 440 Å². The summed E-state index contributed by atoms with van der Waals surface area (Å²) < 4.78 is 7.25. The van der Waals surface area contributed by atoms with E-state index in [0.29, 0.717) is 17.5 Å². The van der Waals surface area contributed by atoms with E-state index in [1.807, 2.05) is 67.6 Å². The number of nitrogens with zero attached hydrogens (tertiary/aromatic N) is 6. The Morgan fingerprint density at radius 1 is 0.342 bits per heavy atom. The Hall–Kier alpha value is -10.2. The third-order valence-electron chi connectivity index (χ3n) is 14.2. The fourth-order valence-corrected chi connectivity index (χ4v) is 11.0. The Morgan fingerprint density at radius 2 is 0.816 bits per heavy atom. The number of rotatable bonds is 9. The van der Waals surface area contributed by atoms with Crippen molar-refractivity contribution >= 4 is 65.4 Å². The molecule has 0 fully saturated rings. The molecule has 0 aliphatic heterocycles. The van der Waals surface area contributed by atoms with Gasteiger partial charge in [-0.15, -0.1) is 0 Å². The van der Waals surface area contributed by atoms with Crippen LogP contribution in [-0.4, -0.2) is 28.7 Å². The predicted molar refractivity (Wildman–Crippen MR) is 319 cm³/mol. The molecule has 4 aromatic heterocycles. The molecule has 0 spiro atoms. The van der Waals surface area contributed by atoms with Crippen LogP contribution >= 0.6 is 0 Å². The van der Waals surface area contributed by atoms with Gasteiger partial charge < -0.3 is 13.7 Å². The number of hydrogen-bond donors (Lipinski definition) is 0. The topological polar surface area (TPSA) is 53.5 Å². The summed E-state index contributed by atoms with van der Waals surface area (Å²) >= 11 is 0. The molecule has 0 radical (unpaired) electrons. The first-order valence-corrected chi connectivity index (χ1v) is 25.7. The quantitative estimate of drug-likeness (QED) is 0.135. The van der Waals surface area contributed by atoms with Gasteiger partial charge in [-0.2, -0.15) is 0 Å². The van der Waals surface area contributed by atoms with Crippen LogP contribution in [0.15, 0.2) is 280 Å². The minimum Gasteiger partial charge on any atom is -0.309 e. The molecule has 14 aromatic rings. The van der Waals surface area contributed by atoms with Crippen molar-refractivity contribution < 1.29 is 0 Å². The molecule has 360 valence electrons. The van der Waals surface area contributed by atoms with Gasteiger partial charge in [0, 0.05) is 54.7 Å². The van der Waals surface area contributed by atoms with Crippen LogP contribution in [-0.2, 0) is 0 Å². The smallest absolute Gasteiger partial charge is 0.166 e. The fourth-order valence-electron chi connectivity index (χ4n) is 11.0. The van der Waals surface area contributed by atoms with E-state index in [2.05, 4.69) is 227 Å². The number of para-hydroxylation sites is 6. The highest BCUT2D eigenvalue weighted by Gasteiger charge is 2.25. The summed E-state index contributed by atoms with van der Waals surface area (Å²) in [4.78, 5) is 15.8. The third kappa shape index (κ3) is 7.88. The minimum absolute atomic E-state index is 0.590. The summed E-state index contributed by atoms with van der Waals surface area (Å²) in [5.74, 6) is 1.82. The maximum Gasteiger partial charge on any atom is 0.166 e. The van der Waals surface area contributed by atoms with Crippen molar-refractivity contribution in [2.45, 2.75) is 6.92 Å². The number of fused-ring (bicyclic) bond motifs is 9. The van der Waals surface area contributed by atoms with Crippen molar-refractivity contribution in [2.24, 2.45) is 0 Å². The zero-order valence-corrected chi connectivity index (χ0v) is 41.9. The molecule has 10 aromatic carbocycles. The summed E-state index contributed by atoms with van der Waals surface area (Å²) in [5, 5.41) is 7.16. The van der Waals surface area contributed by atoms with Gasteiger partial charge in [0.25, 0.3) is 0 Å². The number of aromatic nitrogens is 6. The van der Waals surface area contributed by atoms with Gasteiger partial charge in [-0.3, -0.25) is 0 Å². The van der Waals surface area contributed by atoms with E-state index >= 15 is 0 Å². The SMILES string of the molecule is C=C/C=C\C=C/C.c1ccc(-c2nc(-c3ccccc3)nc(-c3cccc(-n4c5ccccc5c5cc(-c6cccc7c6c6ccccc6n7-c6ccccc6)ccc54)c3-n3c4ccccc4c4ccccc43)n2)cc1. The lowest BCUT2D eigenvalue weighted by Crippen LogP contribution is -2.08. The Bertz CT molecular complexity index is 4430. The minimum atomic E-state index is 0.590. The first kappa shape index (κ1) is 45.7. The van der Waals surface area contributed by atoms with Gasteiger partial charge in [0.05, 0.1) is 44.5 Å². The lowest BCUT2D eigenvalue weighted by molar-refractivity contribution is 1.05. The number of allylic oxidation sites excluding steroid dienone is 5. The summed E-state index contributed by atoms with van der Waals surface area (Å²) in [6, 6.07) is 86.3. The average molecular weight is 975 g/mol. The van der Waals surface area contributed by atoms with E-state index < -0.39 is 0 Å². The highest BCUT2D eigenvalue weighted by Crippen LogP contribution is 2.44. The van der Waals surface area contributed by atoms with E-state index in [4.69, 9.17) is 15.0 Å². The van der Waals surface area contributed by atoms with Gasteiger partial charge in [-0.1, -0.05) is 213 Å². The second kappa shape index (κ2) is 19.7. The lowest BCUT2D eigenvalue weighted by atomic mass is 9.98. The molecule has 0 atom stereocenters. The highest BCUT2D eigenvalue weighted by molar-refractivity contribution is 6.18. The van der Waals surface area contributed by atoms with Crippen molar-refractivity contribution in [3.8, 4) is 62.4 Å². The van der Waals surface area contributed by atoms with Crippen LogP contribution in [0.4, 0.5) is 0 Å². The summed E-state index contributed by atoms with van der Waals surface area (Å²) in [6.45, 7) is 5.49. The summed E-state index contributed by atoms with van der Waals surface area (Å²) in [7, 11) is 0. The Balaban J connectivity index is 0.000000742. The van der Waals surface area contributed by atoms with E-state index in [-0.39, 0.29) is 0 Å². The third-order valence-corrected chi connectivity index (χ3v) is 14.2. The van der Waals surface area contributed by atoms with Crippen LogP contribution in [0.1, 0.15) is 6.92 Å². The maximum absolute atomic E-state index is 5.34. The number of benzene rings is 10. The molecule has 0 aliphatic carbocycles. The van der Waals surface area contributed by atoms with Crippen LogP contribution in [0.2, 0.25) is 0 Å². The second-order valence-electron chi connectivity index (χ2n) is 18.7. The first-order chi connectivity index (χ1) is 37.7. The fraction of sp³-hybridized carbons (Fsp3) is 0.0143. The molecule has 6 heteroatoms. The normalized spacial score (nSPS) is 11.7. The molecule has 14 rings (SSSR count). The molecular formula is C70H50N6. The predicted octanol–water partition coefficient (Wildman–Crippen LogP) is 18.1. The van der Waals surface area contributed by atoms with E-state index in [1.54, 1.807) is 6.08 Å². The van der Waals surface area contributed by atoms with E-state index in [0.717, 1.165) is 61.4 Å². The van der Waals surface area contributed by atoms with Crippen molar-refractivity contribution in [2.75, 3.05) is 0 Å². The molecule has 6 nitrogen and oxygen atoms in total. The van der Waals surface area contributed by atoms with Crippen LogP contribution in [0.3, 0.4) is 0 Å². The van der Waals surface area contributed by atoms with E-state index in [9.17, 15) is 0 Å². The molecule has 0 unspecified atom stereocenters. The van der Waals surface area contributed by atoms with Crippen molar-refractivity contribution in [3.05, 3.63) is 280 Å². The Kier molecular flexibility index (Phi) is 11.8. The maximum atomic E-state index is 5.34.